The Hall–Kier alpha value is -0.120. The molecule has 21 heavy (non-hydrogen) atoms. The van der Waals surface area contributed by atoms with Gasteiger partial charge in [0, 0.05) is 31.3 Å². The first-order valence-corrected chi connectivity index (χ1v) is 9.42. The van der Waals surface area contributed by atoms with Crippen molar-refractivity contribution >= 4 is 0 Å². The van der Waals surface area contributed by atoms with Gasteiger partial charge in [0.15, 0.2) is 0 Å². The van der Waals surface area contributed by atoms with Gasteiger partial charge in [-0.05, 0) is 57.4 Å². The van der Waals surface area contributed by atoms with Gasteiger partial charge in [-0.3, -0.25) is 4.90 Å². The first-order valence-electron chi connectivity index (χ1n) is 9.42. The summed E-state index contributed by atoms with van der Waals surface area (Å²) in [5, 5.41) is 3.78. The molecule has 4 unspecified atom stereocenters. The molecule has 0 aromatic rings. The molecule has 2 bridgehead atoms. The van der Waals surface area contributed by atoms with Crippen LogP contribution in [0, 0.1) is 5.92 Å². The van der Waals surface area contributed by atoms with Gasteiger partial charge in [-0.1, -0.05) is 20.3 Å². The monoisotopic (exact) mass is 294 g/mol. The largest absolute Gasteiger partial charge is 0.378 e. The summed E-state index contributed by atoms with van der Waals surface area (Å²) in [6.07, 6.45) is 11.3. The molecule has 0 radical (unpaired) electrons. The van der Waals surface area contributed by atoms with Crippen LogP contribution in [-0.4, -0.2) is 48.8 Å². The Kier molecular flexibility index (Phi) is 5.58. The smallest absolute Gasteiger partial charge is 0.0613 e. The van der Waals surface area contributed by atoms with Gasteiger partial charge < -0.3 is 10.1 Å². The zero-order valence-corrected chi connectivity index (χ0v) is 14.0. The zero-order chi connectivity index (χ0) is 14.7. The summed E-state index contributed by atoms with van der Waals surface area (Å²) >= 11 is 0. The minimum absolute atomic E-state index is 0.529. The van der Waals surface area contributed by atoms with Crippen LogP contribution in [0.5, 0.6) is 0 Å². The van der Waals surface area contributed by atoms with E-state index in [1.54, 1.807) is 0 Å². The molecular formula is C18H34N2O. The molecule has 3 rings (SSSR count). The average molecular weight is 294 g/mol. The van der Waals surface area contributed by atoms with E-state index in [-0.39, 0.29) is 0 Å². The normalized spacial score (nSPS) is 40.6. The summed E-state index contributed by atoms with van der Waals surface area (Å²) in [5.74, 6) is 0.790. The molecule has 4 atom stereocenters. The molecule has 3 saturated heterocycles. The molecule has 3 heterocycles. The van der Waals surface area contributed by atoms with Gasteiger partial charge in [0.25, 0.3) is 0 Å². The molecule has 122 valence electrons. The molecular weight excluding hydrogens is 260 g/mol. The number of hydrogen-bond donors (Lipinski definition) is 1. The van der Waals surface area contributed by atoms with Crippen LogP contribution in [0.2, 0.25) is 0 Å². The maximum atomic E-state index is 5.91. The minimum atomic E-state index is 0.529. The molecule has 3 aliphatic heterocycles. The van der Waals surface area contributed by atoms with Gasteiger partial charge in [-0.25, -0.2) is 0 Å². The Morgan fingerprint density at radius 1 is 1.10 bits per heavy atom. The van der Waals surface area contributed by atoms with Gasteiger partial charge >= 0.3 is 0 Å². The fourth-order valence-corrected chi connectivity index (χ4v) is 4.92. The Labute approximate surface area is 130 Å². The van der Waals surface area contributed by atoms with E-state index in [1.807, 2.05) is 0 Å². The summed E-state index contributed by atoms with van der Waals surface area (Å²) < 4.78 is 5.91. The Morgan fingerprint density at radius 2 is 1.86 bits per heavy atom. The maximum absolute atomic E-state index is 5.91. The second-order valence-electron chi connectivity index (χ2n) is 7.42. The third-order valence-electron chi connectivity index (χ3n) is 6.00. The van der Waals surface area contributed by atoms with Crippen LogP contribution in [0.4, 0.5) is 0 Å². The van der Waals surface area contributed by atoms with Crippen LogP contribution in [0.1, 0.15) is 65.2 Å². The maximum Gasteiger partial charge on any atom is 0.0613 e. The van der Waals surface area contributed by atoms with Crippen molar-refractivity contribution in [3.8, 4) is 0 Å². The molecule has 3 heteroatoms. The number of nitrogens with one attached hydrogen (secondary N) is 1. The van der Waals surface area contributed by atoms with E-state index in [2.05, 4.69) is 24.1 Å². The second kappa shape index (κ2) is 7.43. The lowest BCUT2D eigenvalue weighted by Crippen LogP contribution is -2.57. The summed E-state index contributed by atoms with van der Waals surface area (Å²) in [6, 6.07) is 2.45. The van der Waals surface area contributed by atoms with Gasteiger partial charge in [-0.2, -0.15) is 0 Å². The highest BCUT2D eigenvalue weighted by atomic mass is 16.5. The van der Waals surface area contributed by atoms with Crippen LogP contribution in [0.15, 0.2) is 0 Å². The predicted molar refractivity (Wildman–Crippen MR) is 87.6 cm³/mol. The summed E-state index contributed by atoms with van der Waals surface area (Å²) in [5.41, 5.74) is 0. The molecule has 3 nitrogen and oxygen atoms in total. The average Bonchev–Trinajstić information content (AvgIpc) is 2.92. The molecule has 0 saturated carbocycles. The molecule has 0 amide bonds. The fraction of sp³-hybridized carbons (Fsp3) is 1.00. The number of rotatable bonds is 6. The predicted octanol–water partition coefficient (Wildman–Crippen LogP) is 3.19. The Morgan fingerprint density at radius 3 is 2.52 bits per heavy atom. The Balaban J connectivity index is 1.58. The summed E-state index contributed by atoms with van der Waals surface area (Å²) in [4.78, 5) is 2.88. The highest BCUT2D eigenvalue weighted by Crippen LogP contribution is 2.36. The lowest BCUT2D eigenvalue weighted by Gasteiger charge is -2.50. The van der Waals surface area contributed by atoms with Crippen molar-refractivity contribution in [3.63, 3.8) is 0 Å². The third-order valence-corrected chi connectivity index (χ3v) is 6.00. The van der Waals surface area contributed by atoms with E-state index in [4.69, 9.17) is 4.74 Å². The van der Waals surface area contributed by atoms with Crippen molar-refractivity contribution in [2.45, 2.75) is 89.4 Å². The number of nitrogens with zero attached hydrogens (tertiary/aromatic N) is 1. The quantitative estimate of drug-likeness (QED) is 0.814. The van der Waals surface area contributed by atoms with Gasteiger partial charge in [0.2, 0.25) is 0 Å². The second-order valence-corrected chi connectivity index (χ2v) is 7.42. The van der Waals surface area contributed by atoms with E-state index >= 15 is 0 Å². The molecule has 1 N–H and O–H groups in total. The molecule has 3 aliphatic rings. The molecule has 0 aromatic heterocycles. The molecule has 3 fully saturated rings. The highest BCUT2D eigenvalue weighted by molar-refractivity contribution is 4.96. The van der Waals surface area contributed by atoms with Gasteiger partial charge in [0.05, 0.1) is 6.10 Å². The number of ether oxygens (including phenoxy) is 1. The van der Waals surface area contributed by atoms with Gasteiger partial charge in [-0.15, -0.1) is 0 Å². The van der Waals surface area contributed by atoms with Gasteiger partial charge in [0.1, 0.15) is 0 Å². The van der Waals surface area contributed by atoms with Crippen molar-refractivity contribution < 1.29 is 4.74 Å². The van der Waals surface area contributed by atoms with Crippen LogP contribution >= 0.6 is 0 Å². The number of fused-ring (bicyclic) bond motifs is 2. The van der Waals surface area contributed by atoms with E-state index in [0.717, 1.165) is 30.7 Å². The van der Waals surface area contributed by atoms with Crippen LogP contribution in [-0.2, 0) is 4.74 Å². The summed E-state index contributed by atoms with van der Waals surface area (Å²) in [6.45, 7) is 8.04. The van der Waals surface area contributed by atoms with Crippen molar-refractivity contribution in [3.05, 3.63) is 0 Å². The van der Waals surface area contributed by atoms with Crippen molar-refractivity contribution in [2.24, 2.45) is 5.92 Å². The van der Waals surface area contributed by atoms with E-state index < -0.39 is 0 Å². The number of hydrogen-bond acceptors (Lipinski definition) is 3. The minimum Gasteiger partial charge on any atom is -0.378 e. The van der Waals surface area contributed by atoms with Crippen LogP contribution < -0.4 is 5.32 Å². The van der Waals surface area contributed by atoms with Crippen molar-refractivity contribution in [1.82, 2.24) is 10.2 Å². The van der Waals surface area contributed by atoms with E-state index in [9.17, 15) is 0 Å². The lowest BCUT2D eigenvalue weighted by atomic mass is 9.80. The standard InChI is InChI=1S/C18H34N2O/c1-3-9-19-15-11-16-6-5-7-17(12-15)20(16)13-14-8-10-21-18(14)4-2/h14-19H,3-13H2,1-2H3. The van der Waals surface area contributed by atoms with Crippen LogP contribution in [0.25, 0.3) is 0 Å². The fourth-order valence-electron chi connectivity index (χ4n) is 4.92. The topological polar surface area (TPSA) is 24.5 Å². The van der Waals surface area contributed by atoms with Crippen LogP contribution in [0.3, 0.4) is 0 Å². The third kappa shape index (κ3) is 3.62. The molecule has 0 spiro atoms. The first-order chi connectivity index (χ1) is 10.3. The molecule has 0 aromatic carbocycles. The van der Waals surface area contributed by atoms with Crippen molar-refractivity contribution in [2.75, 3.05) is 19.7 Å². The number of piperidine rings is 2. The SMILES string of the molecule is CCCNC1CC2CCCC(C1)N2CC1CCOC1CC. The lowest BCUT2D eigenvalue weighted by molar-refractivity contribution is -0.00160. The molecule has 0 aliphatic carbocycles. The van der Waals surface area contributed by atoms with E-state index in [1.165, 1.54) is 64.5 Å². The van der Waals surface area contributed by atoms with E-state index in [0.29, 0.717) is 6.10 Å². The summed E-state index contributed by atoms with van der Waals surface area (Å²) in [7, 11) is 0. The Bertz CT molecular complexity index is 308. The zero-order valence-electron chi connectivity index (χ0n) is 14.0. The first kappa shape index (κ1) is 15.8. The highest BCUT2D eigenvalue weighted by Gasteiger charge is 2.40. The van der Waals surface area contributed by atoms with Crippen molar-refractivity contribution in [1.29, 1.82) is 0 Å².